The van der Waals surface area contributed by atoms with E-state index in [2.05, 4.69) is 20.9 Å². The molecule has 0 spiro atoms. The molecule has 1 amide bonds. The summed E-state index contributed by atoms with van der Waals surface area (Å²) in [7, 11) is 0. The van der Waals surface area contributed by atoms with Gasteiger partial charge in [-0.15, -0.1) is 11.8 Å². The fourth-order valence-electron chi connectivity index (χ4n) is 2.68. The number of rotatable bonds is 6. The highest BCUT2D eigenvalue weighted by atomic mass is 32.2. The molecule has 3 N–H and O–H groups in total. The number of carbonyl (C=O) groups excluding carboxylic acids is 1. The Morgan fingerprint density at radius 3 is 2.27 bits per heavy atom. The highest BCUT2D eigenvalue weighted by Gasteiger charge is 2.08. The molecule has 0 aliphatic carbocycles. The molecule has 0 unspecified atom stereocenters. The van der Waals surface area contributed by atoms with Gasteiger partial charge in [-0.2, -0.15) is 0 Å². The molecule has 0 saturated carbocycles. The van der Waals surface area contributed by atoms with Gasteiger partial charge >= 0.3 is 0 Å². The van der Waals surface area contributed by atoms with Crippen LogP contribution in [0.2, 0.25) is 0 Å². The van der Waals surface area contributed by atoms with E-state index in [0.717, 1.165) is 26.5 Å². The number of para-hydroxylation sites is 2. The van der Waals surface area contributed by atoms with Crippen LogP contribution >= 0.6 is 35.3 Å². The molecule has 0 aliphatic rings. The standard InChI is InChI=1S/C22H18N4OS3/c27-20(26-22-25-18-8-4-5-9-19(18)30-22)14-29-17-12-10-16(11-13-17)24-21(28)23-15-6-2-1-3-7-15/h1-13H,14H2,(H2,23,24,28)(H,25,26,27). The Labute approximate surface area is 187 Å². The van der Waals surface area contributed by atoms with E-state index in [1.807, 2.05) is 78.9 Å². The van der Waals surface area contributed by atoms with Gasteiger partial charge in [0.1, 0.15) is 0 Å². The molecule has 1 heterocycles. The van der Waals surface area contributed by atoms with Crippen molar-refractivity contribution < 1.29 is 4.79 Å². The van der Waals surface area contributed by atoms with Gasteiger partial charge in [-0.3, -0.25) is 4.79 Å². The second kappa shape index (κ2) is 9.71. The summed E-state index contributed by atoms with van der Waals surface area (Å²) >= 11 is 8.29. The smallest absolute Gasteiger partial charge is 0.236 e. The average Bonchev–Trinajstić information content (AvgIpc) is 3.16. The maximum atomic E-state index is 12.2. The number of hydrogen-bond acceptors (Lipinski definition) is 5. The van der Waals surface area contributed by atoms with Crippen LogP contribution in [-0.2, 0) is 4.79 Å². The van der Waals surface area contributed by atoms with Crippen molar-refractivity contribution in [2.24, 2.45) is 0 Å². The van der Waals surface area contributed by atoms with Crippen LogP contribution in [0.15, 0.2) is 83.8 Å². The van der Waals surface area contributed by atoms with E-state index < -0.39 is 0 Å². The summed E-state index contributed by atoms with van der Waals surface area (Å²) in [5.41, 5.74) is 2.71. The molecule has 4 aromatic rings. The van der Waals surface area contributed by atoms with Crippen LogP contribution in [-0.4, -0.2) is 21.8 Å². The van der Waals surface area contributed by atoms with Gasteiger partial charge in [0.2, 0.25) is 5.91 Å². The fraction of sp³-hybridized carbons (Fsp3) is 0.0455. The second-order valence-corrected chi connectivity index (χ2v) is 8.78. The van der Waals surface area contributed by atoms with Crippen LogP contribution in [0.25, 0.3) is 10.2 Å². The van der Waals surface area contributed by atoms with Crippen molar-refractivity contribution in [3.05, 3.63) is 78.9 Å². The lowest BCUT2D eigenvalue weighted by Gasteiger charge is -2.11. The number of anilines is 3. The third kappa shape index (κ3) is 5.56. The first kappa shape index (κ1) is 20.3. The van der Waals surface area contributed by atoms with Crippen LogP contribution in [0.5, 0.6) is 0 Å². The Morgan fingerprint density at radius 2 is 1.53 bits per heavy atom. The molecule has 1 aromatic heterocycles. The number of thiazole rings is 1. The molecule has 0 radical (unpaired) electrons. The minimum atomic E-state index is -0.0745. The van der Waals surface area contributed by atoms with E-state index in [1.54, 1.807) is 0 Å². The molecular weight excluding hydrogens is 432 g/mol. The lowest BCUT2D eigenvalue weighted by Crippen LogP contribution is -2.18. The number of amides is 1. The molecule has 8 heteroatoms. The molecule has 0 atom stereocenters. The predicted octanol–water partition coefficient (Wildman–Crippen LogP) is 5.84. The summed E-state index contributed by atoms with van der Waals surface area (Å²) in [6.45, 7) is 0. The van der Waals surface area contributed by atoms with Gasteiger partial charge in [0.25, 0.3) is 0 Å². The SMILES string of the molecule is O=C(CSc1ccc(NC(=S)Nc2ccccc2)cc1)Nc1nc2ccccc2s1. The van der Waals surface area contributed by atoms with Gasteiger partial charge < -0.3 is 16.0 Å². The molecule has 0 bridgehead atoms. The van der Waals surface area contributed by atoms with Crippen LogP contribution < -0.4 is 16.0 Å². The zero-order valence-corrected chi connectivity index (χ0v) is 18.2. The van der Waals surface area contributed by atoms with Crippen molar-refractivity contribution in [2.45, 2.75) is 4.90 Å². The zero-order chi connectivity index (χ0) is 20.8. The molecule has 5 nitrogen and oxygen atoms in total. The number of nitrogens with one attached hydrogen (secondary N) is 3. The van der Waals surface area contributed by atoms with Crippen molar-refractivity contribution in [2.75, 3.05) is 21.7 Å². The molecular formula is C22H18N4OS3. The van der Waals surface area contributed by atoms with Crippen LogP contribution in [0.3, 0.4) is 0 Å². The monoisotopic (exact) mass is 450 g/mol. The molecule has 30 heavy (non-hydrogen) atoms. The first-order valence-electron chi connectivity index (χ1n) is 9.17. The van der Waals surface area contributed by atoms with Gasteiger partial charge in [-0.05, 0) is 60.7 Å². The van der Waals surface area contributed by atoms with Crippen LogP contribution in [0, 0.1) is 0 Å². The highest BCUT2D eigenvalue weighted by molar-refractivity contribution is 8.00. The van der Waals surface area contributed by atoms with E-state index in [0.29, 0.717) is 16.0 Å². The normalized spacial score (nSPS) is 10.5. The summed E-state index contributed by atoms with van der Waals surface area (Å²) in [6.07, 6.45) is 0. The number of thiocarbonyl (C=S) groups is 1. The summed E-state index contributed by atoms with van der Waals surface area (Å²) in [5, 5.41) is 10.3. The number of benzene rings is 3. The summed E-state index contributed by atoms with van der Waals surface area (Å²) in [6, 6.07) is 25.4. The van der Waals surface area contributed by atoms with Gasteiger partial charge in [-0.25, -0.2) is 4.98 Å². The Morgan fingerprint density at radius 1 is 0.867 bits per heavy atom. The third-order valence-electron chi connectivity index (χ3n) is 4.05. The number of aromatic nitrogens is 1. The van der Waals surface area contributed by atoms with Crippen molar-refractivity contribution in [3.8, 4) is 0 Å². The minimum Gasteiger partial charge on any atom is -0.332 e. The first-order chi connectivity index (χ1) is 14.7. The Kier molecular flexibility index (Phi) is 6.58. The maximum Gasteiger partial charge on any atom is 0.236 e. The first-order valence-corrected chi connectivity index (χ1v) is 11.4. The number of hydrogen-bond donors (Lipinski definition) is 3. The summed E-state index contributed by atoms with van der Waals surface area (Å²) in [5.74, 6) is 0.242. The second-order valence-electron chi connectivity index (χ2n) is 6.29. The van der Waals surface area contributed by atoms with Crippen molar-refractivity contribution in [3.63, 3.8) is 0 Å². The summed E-state index contributed by atoms with van der Waals surface area (Å²) in [4.78, 5) is 17.7. The average molecular weight is 451 g/mol. The molecule has 150 valence electrons. The summed E-state index contributed by atoms with van der Waals surface area (Å²) < 4.78 is 1.06. The van der Waals surface area contributed by atoms with E-state index in [9.17, 15) is 4.79 Å². The molecule has 4 rings (SSSR count). The zero-order valence-electron chi connectivity index (χ0n) is 15.8. The van der Waals surface area contributed by atoms with E-state index in [-0.39, 0.29) is 5.91 Å². The van der Waals surface area contributed by atoms with Crippen molar-refractivity contribution in [1.82, 2.24) is 4.98 Å². The Bertz CT molecular complexity index is 1130. The Balaban J connectivity index is 1.26. The number of fused-ring (bicyclic) bond motifs is 1. The van der Waals surface area contributed by atoms with E-state index in [1.165, 1.54) is 23.1 Å². The molecule has 3 aromatic carbocycles. The van der Waals surface area contributed by atoms with E-state index >= 15 is 0 Å². The molecule has 0 aliphatic heterocycles. The lowest BCUT2D eigenvalue weighted by molar-refractivity contribution is -0.113. The minimum absolute atomic E-state index is 0.0745. The highest BCUT2D eigenvalue weighted by Crippen LogP contribution is 2.26. The van der Waals surface area contributed by atoms with Crippen molar-refractivity contribution >= 4 is 73.1 Å². The van der Waals surface area contributed by atoms with Crippen LogP contribution in [0.1, 0.15) is 0 Å². The van der Waals surface area contributed by atoms with Gasteiger partial charge in [0, 0.05) is 16.3 Å². The largest absolute Gasteiger partial charge is 0.332 e. The third-order valence-corrected chi connectivity index (χ3v) is 6.22. The number of nitrogens with zero attached hydrogens (tertiary/aromatic N) is 1. The van der Waals surface area contributed by atoms with Gasteiger partial charge in [0.05, 0.1) is 16.0 Å². The topological polar surface area (TPSA) is 66.1 Å². The number of carbonyl (C=O) groups is 1. The van der Waals surface area contributed by atoms with Crippen molar-refractivity contribution in [1.29, 1.82) is 0 Å². The van der Waals surface area contributed by atoms with Gasteiger partial charge in [-0.1, -0.05) is 41.7 Å². The van der Waals surface area contributed by atoms with Gasteiger partial charge in [0.15, 0.2) is 10.2 Å². The fourth-order valence-corrected chi connectivity index (χ4v) is 4.50. The van der Waals surface area contributed by atoms with E-state index in [4.69, 9.17) is 12.2 Å². The van der Waals surface area contributed by atoms with Crippen LogP contribution in [0.4, 0.5) is 16.5 Å². The number of thioether (sulfide) groups is 1. The Hall–Kier alpha value is -2.94. The quantitative estimate of drug-likeness (QED) is 0.253. The lowest BCUT2D eigenvalue weighted by atomic mass is 10.3. The molecule has 0 saturated heterocycles. The maximum absolute atomic E-state index is 12.2. The molecule has 0 fully saturated rings. The predicted molar refractivity (Wildman–Crippen MR) is 132 cm³/mol.